The minimum absolute atomic E-state index is 0.0350. The van der Waals surface area contributed by atoms with E-state index in [1.807, 2.05) is 24.3 Å². The van der Waals surface area contributed by atoms with Crippen molar-refractivity contribution < 1.29 is 27.5 Å². The molecule has 1 saturated heterocycles. The number of rotatable bonds is 6. The molecular weight excluding hydrogens is 445 g/mol. The number of ether oxygens (including phenoxy) is 1. The van der Waals surface area contributed by atoms with Crippen LogP contribution in [0.3, 0.4) is 0 Å². The van der Waals surface area contributed by atoms with Crippen LogP contribution in [0, 0.1) is 5.92 Å². The molecule has 4 rings (SSSR count). The number of carbonyl (C=O) groups is 2. The smallest absolute Gasteiger partial charge is 0.416 e. The lowest BCUT2D eigenvalue weighted by atomic mass is 9.86. The molecule has 34 heavy (non-hydrogen) atoms. The van der Waals surface area contributed by atoms with Crippen LogP contribution in [-0.4, -0.2) is 41.5 Å². The van der Waals surface area contributed by atoms with Gasteiger partial charge in [0, 0.05) is 42.5 Å². The van der Waals surface area contributed by atoms with E-state index in [2.05, 4.69) is 4.98 Å². The van der Waals surface area contributed by atoms with Crippen molar-refractivity contribution in [2.45, 2.75) is 38.3 Å². The van der Waals surface area contributed by atoms with Crippen molar-refractivity contribution in [2.24, 2.45) is 5.92 Å². The monoisotopic (exact) mass is 472 g/mol. The molecule has 2 heterocycles. The highest BCUT2D eigenvalue weighted by molar-refractivity contribution is 5.86. The van der Waals surface area contributed by atoms with Crippen molar-refractivity contribution in [3.63, 3.8) is 0 Å². The van der Waals surface area contributed by atoms with Crippen molar-refractivity contribution in [2.75, 3.05) is 19.7 Å². The minimum Gasteiger partial charge on any atom is -0.466 e. The first-order valence-electron chi connectivity index (χ1n) is 11.5. The Labute approximate surface area is 195 Å². The summed E-state index contributed by atoms with van der Waals surface area (Å²) < 4.78 is 45.3. The van der Waals surface area contributed by atoms with E-state index < -0.39 is 17.7 Å². The van der Waals surface area contributed by atoms with E-state index in [9.17, 15) is 22.8 Å². The maximum absolute atomic E-state index is 13.4. The second kappa shape index (κ2) is 9.91. The zero-order valence-corrected chi connectivity index (χ0v) is 18.9. The number of esters is 1. The fourth-order valence-corrected chi connectivity index (χ4v) is 4.65. The summed E-state index contributed by atoms with van der Waals surface area (Å²) >= 11 is 0. The Kier molecular flexibility index (Phi) is 6.95. The van der Waals surface area contributed by atoms with Gasteiger partial charge >= 0.3 is 12.1 Å². The summed E-state index contributed by atoms with van der Waals surface area (Å²) in [6.45, 7) is 2.92. The lowest BCUT2D eigenvalue weighted by Crippen LogP contribution is -2.41. The van der Waals surface area contributed by atoms with E-state index in [-0.39, 0.29) is 24.2 Å². The molecular formula is C26H27F3N2O3. The summed E-state index contributed by atoms with van der Waals surface area (Å²) in [5, 5.41) is 0.874. The number of H-pyrrole nitrogens is 1. The van der Waals surface area contributed by atoms with Gasteiger partial charge in [0.2, 0.25) is 5.91 Å². The van der Waals surface area contributed by atoms with E-state index in [4.69, 9.17) is 4.74 Å². The standard InChI is InChI=1S/C26H27F3N2O3/c1-2-34-25(33)17-10-12-31(13-11-17)24(32)15-21(18-6-5-7-19(14-18)26(27,28)29)22-16-30-23-9-4-3-8-20(22)23/h3-9,14,16-17,21,30H,2,10-13,15H2,1H3. The van der Waals surface area contributed by atoms with Crippen LogP contribution in [0.5, 0.6) is 0 Å². The Morgan fingerprint density at radius 2 is 1.85 bits per heavy atom. The van der Waals surface area contributed by atoms with Crippen LogP contribution in [0.1, 0.15) is 48.8 Å². The predicted octanol–water partition coefficient (Wildman–Crippen LogP) is 5.51. The number of nitrogens with zero attached hydrogens (tertiary/aromatic N) is 1. The molecule has 1 aromatic heterocycles. The largest absolute Gasteiger partial charge is 0.466 e. The number of hydrogen-bond acceptors (Lipinski definition) is 3. The molecule has 8 heteroatoms. The average molecular weight is 473 g/mol. The van der Waals surface area contributed by atoms with Gasteiger partial charge in [-0.25, -0.2) is 0 Å². The summed E-state index contributed by atoms with van der Waals surface area (Å²) in [6.07, 6.45) is -1.62. The maximum atomic E-state index is 13.4. The van der Waals surface area contributed by atoms with Crippen molar-refractivity contribution >= 4 is 22.8 Å². The molecule has 2 aromatic carbocycles. The highest BCUT2D eigenvalue weighted by Gasteiger charge is 2.33. The van der Waals surface area contributed by atoms with Gasteiger partial charge in [-0.1, -0.05) is 36.4 Å². The van der Waals surface area contributed by atoms with Crippen molar-refractivity contribution in [3.8, 4) is 0 Å². The SMILES string of the molecule is CCOC(=O)C1CCN(C(=O)CC(c2cccc(C(F)(F)F)c2)c2c[nH]c3ccccc23)CC1. The van der Waals surface area contributed by atoms with Gasteiger partial charge in [0.25, 0.3) is 0 Å². The number of carbonyl (C=O) groups excluding carboxylic acids is 2. The van der Waals surface area contributed by atoms with Crippen molar-refractivity contribution in [3.05, 3.63) is 71.4 Å². The van der Waals surface area contributed by atoms with Gasteiger partial charge in [0.05, 0.1) is 18.1 Å². The highest BCUT2D eigenvalue weighted by Crippen LogP contribution is 2.37. The van der Waals surface area contributed by atoms with Crippen LogP contribution in [0.2, 0.25) is 0 Å². The van der Waals surface area contributed by atoms with Crippen molar-refractivity contribution in [1.82, 2.24) is 9.88 Å². The summed E-state index contributed by atoms with van der Waals surface area (Å²) in [5.74, 6) is -1.16. The topological polar surface area (TPSA) is 62.4 Å². The third-order valence-corrected chi connectivity index (χ3v) is 6.46. The first-order chi connectivity index (χ1) is 16.3. The second-order valence-corrected chi connectivity index (χ2v) is 8.58. The number of aromatic nitrogens is 1. The Morgan fingerprint density at radius 1 is 1.12 bits per heavy atom. The molecule has 1 unspecified atom stereocenters. The number of alkyl halides is 3. The molecule has 0 radical (unpaired) electrons. The quantitative estimate of drug-likeness (QED) is 0.481. The van der Waals surface area contributed by atoms with Gasteiger partial charge in [-0.15, -0.1) is 0 Å². The number of benzene rings is 2. The number of fused-ring (bicyclic) bond motifs is 1. The highest BCUT2D eigenvalue weighted by atomic mass is 19.4. The van der Waals surface area contributed by atoms with Crippen LogP contribution >= 0.6 is 0 Å². The number of hydrogen-bond donors (Lipinski definition) is 1. The average Bonchev–Trinajstić information content (AvgIpc) is 3.26. The molecule has 1 N–H and O–H groups in total. The van der Waals surface area contributed by atoms with E-state index >= 15 is 0 Å². The molecule has 0 aliphatic carbocycles. The number of para-hydroxylation sites is 1. The lowest BCUT2D eigenvalue weighted by molar-refractivity contribution is -0.151. The first kappa shape index (κ1) is 23.9. The summed E-state index contributed by atoms with van der Waals surface area (Å²) in [5.41, 5.74) is 1.34. The third kappa shape index (κ3) is 5.11. The maximum Gasteiger partial charge on any atom is 0.416 e. The predicted molar refractivity (Wildman–Crippen MR) is 122 cm³/mol. The van der Waals surface area contributed by atoms with Crippen LogP contribution in [-0.2, 0) is 20.5 Å². The number of piperidine rings is 1. The van der Waals surface area contributed by atoms with Gasteiger partial charge in [-0.05, 0) is 43.0 Å². The van der Waals surface area contributed by atoms with E-state index in [0.29, 0.717) is 38.1 Å². The fraction of sp³-hybridized carbons (Fsp3) is 0.385. The molecule has 0 saturated carbocycles. The van der Waals surface area contributed by atoms with Crippen LogP contribution < -0.4 is 0 Å². The number of likely N-dealkylation sites (tertiary alicyclic amines) is 1. The molecule has 5 nitrogen and oxygen atoms in total. The molecule has 0 spiro atoms. The minimum atomic E-state index is -4.47. The lowest BCUT2D eigenvalue weighted by Gasteiger charge is -2.32. The molecule has 1 amide bonds. The van der Waals surface area contributed by atoms with Gasteiger partial charge < -0.3 is 14.6 Å². The number of halogens is 3. The zero-order valence-electron chi connectivity index (χ0n) is 18.9. The second-order valence-electron chi connectivity index (χ2n) is 8.58. The van der Waals surface area contributed by atoms with Gasteiger partial charge in [-0.3, -0.25) is 9.59 Å². The molecule has 1 aliphatic rings. The van der Waals surface area contributed by atoms with E-state index in [1.54, 1.807) is 24.1 Å². The van der Waals surface area contributed by atoms with Crippen LogP contribution in [0.25, 0.3) is 10.9 Å². The molecule has 0 bridgehead atoms. The van der Waals surface area contributed by atoms with Gasteiger partial charge in [0.1, 0.15) is 0 Å². The summed E-state index contributed by atoms with van der Waals surface area (Å²) in [4.78, 5) is 30.2. The summed E-state index contributed by atoms with van der Waals surface area (Å²) in [7, 11) is 0. The zero-order chi connectivity index (χ0) is 24.3. The van der Waals surface area contributed by atoms with Crippen molar-refractivity contribution in [1.29, 1.82) is 0 Å². The normalized spacial score (nSPS) is 15.9. The molecule has 1 atom stereocenters. The number of nitrogens with one attached hydrogen (secondary N) is 1. The fourth-order valence-electron chi connectivity index (χ4n) is 4.65. The first-order valence-corrected chi connectivity index (χ1v) is 11.5. The summed E-state index contributed by atoms with van der Waals surface area (Å²) in [6, 6.07) is 12.7. The van der Waals surface area contributed by atoms with E-state index in [1.165, 1.54) is 6.07 Å². The molecule has 1 fully saturated rings. The Balaban J connectivity index is 1.60. The van der Waals surface area contributed by atoms with Crippen LogP contribution in [0.15, 0.2) is 54.7 Å². The Bertz CT molecular complexity index is 1160. The molecule has 180 valence electrons. The Hall–Kier alpha value is -3.29. The number of amides is 1. The van der Waals surface area contributed by atoms with Crippen LogP contribution in [0.4, 0.5) is 13.2 Å². The molecule has 1 aliphatic heterocycles. The third-order valence-electron chi connectivity index (χ3n) is 6.46. The van der Waals surface area contributed by atoms with E-state index in [0.717, 1.165) is 28.6 Å². The number of aromatic amines is 1. The van der Waals surface area contributed by atoms with Gasteiger partial charge in [0.15, 0.2) is 0 Å². The van der Waals surface area contributed by atoms with Gasteiger partial charge in [-0.2, -0.15) is 13.2 Å². The Morgan fingerprint density at radius 3 is 2.56 bits per heavy atom. The molecule has 3 aromatic rings.